The van der Waals surface area contributed by atoms with Gasteiger partial charge in [0.25, 0.3) is 0 Å². The summed E-state index contributed by atoms with van der Waals surface area (Å²) in [6, 6.07) is 0.667. The highest BCUT2D eigenvalue weighted by molar-refractivity contribution is 4.82. The number of nitrogens with zero attached hydrogens (tertiary/aromatic N) is 1. The van der Waals surface area contributed by atoms with Crippen molar-refractivity contribution in [1.29, 1.82) is 0 Å². The number of aliphatic hydroxyl groups excluding tert-OH is 1. The largest absolute Gasteiger partial charge is 0.396 e. The molecule has 1 aliphatic rings. The van der Waals surface area contributed by atoms with Gasteiger partial charge in [0.15, 0.2) is 0 Å². The van der Waals surface area contributed by atoms with Crippen LogP contribution in [0.25, 0.3) is 0 Å². The lowest BCUT2D eigenvalue weighted by molar-refractivity contribution is 0.0768. The van der Waals surface area contributed by atoms with Crippen molar-refractivity contribution in [1.82, 2.24) is 4.90 Å². The molecular formula is C12H25NO. The van der Waals surface area contributed by atoms with E-state index in [0.717, 1.165) is 13.0 Å². The molecule has 1 saturated heterocycles. The van der Waals surface area contributed by atoms with Crippen molar-refractivity contribution in [2.45, 2.75) is 46.1 Å². The van der Waals surface area contributed by atoms with Gasteiger partial charge in [0, 0.05) is 12.6 Å². The Balaban J connectivity index is 2.48. The van der Waals surface area contributed by atoms with Crippen LogP contribution in [0.4, 0.5) is 0 Å². The minimum atomic E-state index is 0.370. The van der Waals surface area contributed by atoms with E-state index in [0.29, 0.717) is 24.0 Å². The molecule has 0 aromatic heterocycles. The second kappa shape index (κ2) is 4.63. The van der Waals surface area contributed by atoms with E-state index >= 15 is 0 Å². The molecule has 84 valence electrons. The van der Waals surface area contributed by atoms with Crippen LogP contribution < -0.4 is 0 Å². The molecule has 1 N–H and O–H groups in total. The maximum absolute atomic E-state index is 9.17. The fourth-order valence-corrected chi connectivity index (χ4v) is 2.36. The Kier molecular flexibility index (Phi) is 3.96. The summed E-state index contributed by atoms with van der Waals surface area (Å²) >= 11 is 0. The van der Waals surface area contributed by atoms with Crippen LogP contribution in [0.3, 0.4) is 0 Å². The fourth-order valence-electron chi connectivity index (χ4n) is 2.36. The zero-order chi connectivity index (χ0) is 10.8. The van der Waals surface area contributed by atoms with Gasteiger partial charge >= 0.3 is 0 Å². The molecule has 2 heteroatoms. The number of hydrogen-bond donors (Lipinski definition) is 1. The van der Waals surface area contributed by atoms with Gasteiger partial charge < -0.3 is 10.0 Å². The van der Waals surface area contributed by atoms with Crippen LogP contribution in [0.2, 0.25) is 0 Å². The monoisotopic (exact) mass is 199 g/mol. The number of hydrogen-bond acceptors (Lipinski definition) is 2. The Labute approximate surface area is 88.3 Å². The van der Waals surface area contributed by atoms with Crippen molar-refractivity contribution in [3.63, 3.8) is 0 Å². The highest BCUT2D eigenvalue weighted by atomic mass is 16.3. The number of aliphatic hydroxyl groups is 1. The lowest BCUT2D eigenvalue weighted by atomic mass is 9.81. The van der Waals surface area contributed by atoms with Gasteiger partial charge in [-0.15, -0.1) is 0 Å². The first-order valence-corrected chi connectivity index (χ1v) is 5.73. The maximum atomic E-state index is 9.17. The molecule has 1 rings (SSSR count). The van der Waals surface area contributed by atoms with Crippen LogP contribution in [0, 0.1) is 11.3 Å². The van der Waals surface area contributed by atoms with Gasteiger partial charge in [0.2, 0.25) is 0 Å². The summed E-state index contributed by atoms with van der Waals surface area (Å²) in [6.45, 7) is 8.40. The molecule has 2 atom stereocenters. The second-order valence-corrected chi connectivity index (χ2v) is 5.97. The molecule has 0 saturated carbocycles. The topological polar surface area (TPSA) is 23.5 Å². The van der Waals surface area contributed by atoms with Crippen molar-refractivity contribution in [3.05, 3.63) is 0 Å². The summed E-state index contributed by atoms with van der Waals surface area (Å²) in [5, 5.41) is 9.17. The van der Waals surface area contributed by atoms with E-state index in [1.807, 2.05) is 0 Å². The minimum Gasteiger partial charge on any atom is -0.396 e. The zero-order valence-electron chi connectivity index (χ0n) is 10.1. The molecule has 2 unspecified atom stereocenters. The van der Waals surface area contributed by atoms with Crippen LogP contribution in [0.5, 0.6) is 0 Å². The predicted molar refractivity (Wildman–Crippen MR) is 60.3 cm³/mol. The summed E-state index contributed by atoms with van der Waals surface area (Å²) in [4.78, 5) is 2.46. The Morgan fingerprint density at radius 3 is 2.50 bits per heavy atom. The summed E-state index contributed by atoms with van der Waals surface area (Å²) in [5.41, 5.74) is 0.399. The van der Waals surface area contributed by atoms with E-state index in [4.69, 9.17) is 0 Å². The van der Waals surface area contributed by atoms with Gasteiger partial charge in [0.05, 0.1) is 0 Å². The lowest BCUT2D eigenvalue weighted by Gasteiger charge is -2.39. The maximum Gasteiger partial charge on any atom is 0.0460 e. The Bertz CT molecular complexity index is 174. The van der Waals surface area contributed by atoms with Gasteiger partial charge in [-0.05, 0) is 44.2 Å². The van der Waals surface area contributed by atoms with Gasteiger partial charge in [0.1, 0.15) is 0 Å². The molecule has 0 amide bonds. The SMILES string of the molecule is CN1CCC(CO)CC1CC(C)(C)C. The van der Waals surface area contributed by atoms with Crippen LogP contribution in [-0.2, 0) is 0 Å². The minimum absolute atomic E-state index is 0.370. The van der Waals surface area contributed by atoms with Crippen LogP contribution in [-0.4, -0.2) is 36.2 Å². The standard InChI is InChI=1S/C12H25NO/c1-12(2,3)8-11-7-10(9-14)5-6-13(11)4/h10-11,14H,5-9H2,1-4H3. The summed E-state index contributed by atoms with van der Waals surface area (Å²) in [7, 11) is 2.21. The Morgan fingerprint density at radius 2 is 2.00 bits per heavy atom. The average Bonchev–Trinajstić information content (AvgIpc) is 2.06. The van der Waals surface area contributed by atoms with E-state index < -0.39 is 0 Å². The van der Waals surface area contributed by atoms with Crippen molar-refractivity contribution in [2.75, 3.05) is 20.2 Å². The smallest absolute Gasteiger partial charge is 0.0460 e. The van der Waals surface area contributed by atoms with E-state index in [9.17, 15) is 5.11 Å². The molecule has 2 nitrogen and oxygen atoms in total. The number of likely N-dealkylation sites (tertiary alicyclic amines) is 1. The lowest BCUT2D eigenvalue weighted by Crippen LogP contribution is -2.42. The quantitative estimate of drug-likeness (QED) is 0.736. The molecule has 0 radical (unpaired) electrons. The van der Waals surface area contributed by atoms with E-state index in [1.165, 1.54) is 12.8 Å². The van der Waals surface area contributed by atoms with Gasteiger partial charge in [-0.1, -0.05) is 20.8 Å². The molecule has 1 heterocycles. The zero-order valence-corrected chi connectivity index (χ0v) is 10.1. The summed E-state index contributed by atoms with van der Waals surface area (Å²) in [6.07, 6.45) is 3.57. The van der Waals surface area contributed by atoms with E-state index in [1.54, 1.807) is 0 Å². The molecule has 0 aromatic carbocycles. The van der Waals surface area contributed by atoms with Crippen LogP contribution in [0.15, 0.2) is 0 Å². The van der Waals surface area contributed by atoms with Crippen LogP contribution >= 0.6 is 0 Å². The summed E-state index contributed by atoms with van der Waals surface area (Å²) in [5.74, 6) is 0.540. The van der Waals surface area contributed by atoms with Gasteiger partial charge in [-0.25, -0.2) is 0 Å². The average molecular weight is 199 g/mol. The number of piperidine rings is 1. The third-order valence-electron chi connectivity index (χ3n) is 3.23. The summed E-state index contributed by atoms with van der Waals surface area (Å²) < 4.78 is 0. The first kappa shape index (κ1) is 12.0. The molecule has 14 heavy (non-hydrogen) atoms. The normalized spacial score (nSPS) is 30.6. The van der Waals surface area contributed by atoms with Crippen molar-refractivity contribution < 1.29 is 5.11 Å². The molecule has 0 aliphatic carbocycles. The molecule has 0 bridgehead atoms. The Morgan fingerprint density at radius 1 is 1.36 bits per heavy atom. The van der Waals surface area contributed by atoms with E-state index in [2.05, 4.69) is 32.7 Å². The molecule has 1 aliphatic heterocycles. The first-order valence-electron chi connectivity index (χ1n) is 5.73. The highest BCUT2D eigenvalue weighted by Gasteiger charge is 2.28. The first-order chi connectivity index (χ1) is 6.42. The Hall–Kier alpha value is -0.0800. The number of rotatable bonds is 2. The third kappa shape index (κ3) is 3.58. The van der Waals surface area contributed by atoms with Crippen molar-refractivity contribution >= 4 is 0 Å². The highest BCUT2D eigenvalue weighted by Crippen LogP contribution is 2.30. The predicted octanol–water partition coefficient (Wildman–Crippen LogP) is 2.13. The molecule has 0 spiro atoms. The third-order valence-corrected chi connectivity index (χ3v) is 3.23. The second-order valence-electron chi connectivity index (χ2n) is 5.97. The molecule has 0 aromatic rings. The van der Waals surface area contributed by atoms with Crippen LogP contribution in [0.1, 0.15) is 40.0 Å². The van der Waals surface area contributed by atoms with Crippen molar-refractivity contribution in [2.24, 2.45) is 11.3 Å². The van der Waals surface area contributed by atoms with E-state index in [-0.39, 0.29) is 0 Å². The van der Waals surface area contributed by atoms with Crippen molar-refractivity contribution in [3.8, 4) is 0 Å². The molecular weight excluding hydrogens is 174 g/mol. The van der Waals surface area contributed by atoms with Gasteiger partial charge in [-0.2, -0.15) is 0 Å². The molecule has 1 fully saturated rings. The van der Waals surface area contributed by atoms with Gasteiger partial charge in [-0.3, -0.25) is 0 Å². The fraction of sp³-hybridized carbons (Fsp3) is 1.00.